The van der Waals surface area contributed by atoms with Crippen molar-refractivity contribution in [1.29, 1.82) is 0 Å². The van der Waals surface area contributed by atoms with E-state index in [1.165, 1.54) is 16.1 Å². The number of thioether (sulfide) groups is 1. The number of hydrogen-bond acceptors (Lipinski definition) is 5. The number of nitrogens with zero attached hydrogens (tertiary/aromatic N) is 1. The van der Waals surface area contributed by atoms with Crippen LogP contribution in [0.2, 0.25) is 0 Å². The molecule has 142 valence electrons. The number of nitrogens with one attached hydrogen (secondary N) is 1. The molecule has 1 unspecified atom stereocenters. The highest BCUT2D eigenvalue weighted by molar-refractivity contribution is 8.01. The van der Waals surface area contributed by atoms with Crippen LogP contribution in [0.3, 0.4) is 0 Å². The molecule has 0 radical (unpaired) electrons. The summed E-state index contributed by atoms with van der Waals surface area (Å²) < 4.78 is 27.5. The van der Waals surface area contributed by atoms with Crippen LogP contribution in [-0.2, 0) is 14.8 Å². The first-order valence-corrected chi connectivity index (χ1v) is 11.7. The normalized spacial score (nSPS) is 12.9. The summed E-state index contributed by atoms with van der Waals surface area (Å²) in [5, 5.41) is 4.93. The van der Waals surface area contributed by atoms with E-state index in [0.717, 1.165) is 9.77 Å². The van der Waals surface area contributed by atoms with E-state index in [0.29, 0.717) is 18.8 Å². The molecule has 2 rings (SSSR count). The number of carbonyl (C=O) groups is 1. The van der Waals surface area contributed by atoms with Crippen molar-refractivity contribution < 1.29 is 13.2 Å². The minimum Gasteiger partial charge on any atom is -0.349 e. The number of benzene rings is 1. The van der Waals surface area contributed by atoms with Crippen LogP contribution < -0.4 is 5.32 Å². The molecule has 0 aliphatic carbocycles. The number of thiophene rings is 1. The second-order valence-corrected chi connectivity index (χ2v) is 9.83. The van der Waals surface area contributed by atoms with Crippen molar-refractivity contribution in [3.05, 3.63) is 47.3 Å². The highest BCUT2D eigenvalue weighted by atomic mass is 32.2. The molecule has 0 spiro atoms. The Hall–Kier alpha value is -1.35. The molecule has 1 N–H and O–H groups in total. The van der Waals surface area contributed by atoms with Crippen molar-refractivity contribution in [3.8, 4) is 0 Å². The topological polar surface area (TPSA) is 66.5 Å². The van der Waals surface area contributed by atoms with Crippen molar-refractivity contribution in [3.63, 3.8) is 0 Å². The van der Waals surface area contributed by atoms with Gasteiger partial charge in [0.05, 0.1) is 20.9 Å². The average molecular weight is 413 g/mol. The maximum atomic E-state index is 12.5. The molecule has 0 saturated heterocycles. The van der Waals surface area contributed by atoms with Crippen molar-refractivity contribution in [1.82, 2.24) is 9.62 Å². The van der Waals surface area contributed by atoms with Gasteiger partial charge < -0.3 is 5.32 Å². The van der Waals surface area contributed by atoms with Crippen LogP contribution in [-0.4, -0.2) is 37.5 Å². The van der Waals surface area contributed by atoms with Gasteiger partial charge >= 0.3 is 0 Å². The minimum atomic E-state index is -3.46. The van der Waals surface area contributed by atoms with Gasteiger partial charge in [-0.05, 0) is 36.1 Å². The molecule has 1 aromatic heterocycles. The molecule has 1 atom stereocenters. The zero-order chi connectivity index (χ0) is 19.2. The number of sulfonamides is 1. The summed E-state index contributed by atoms with van der Waals surface area (Å²) in [6.07, 6.45) is 0. The molecule has 0 saturated carbocycles. The summed E-state index contributed by atoms with van der Waals surface area (Å²) in [4.78, 5) is 12.4. The van der Waals surface area contributed by atoms with Crippen molar-refractivity contribution in [2.24, 2.45) is 0 Å². The Morgan fingerprint density at radius 3 is 2.38 bits per heavy atom. The van der Waals surface area contributed by atoms with E-state index >= 15 is 0 Å². The predicted molar refractivity (Wildman–Crippen MR) is 108 cm³/mol. The quantitative estimate of drug-likeness (QED) is 0.637. The second-order valence-electron chi connectivity index (χ2n) is 5.67. The van der Waals surface area contributed by atoms with Crippen LogP contribution in [0.5, 0.6) is 0 Å². The van der Waals surface area contributed by atoms with E-state index in [2.05, 4.69) is 5.32 Å². The van der Waals surface area contributed by atoms with Gasteiger partial charge in [-0.1, -0.05) is 32.0 Å². The third kappa shape index (κ3) is 5.33. The van der Waals surface area contributed by atoms with Gasteiger partial charge in [0.25, 0.3) is 0 Å². The van der Waals surface area contributed by atoms with Gasteiger partial charge in [-0.3, -0.25) is 4.79 Å². The van der Waals surface area contributed by atoms with Gasteiger partial charge in [-0.15, -0.1) is 23.1 Å². The fraction of sp³-hybridized carbons (Fsp3) is 0.389. The summed E-state index contributed by atoms with van der Waals surface area (Å²) in [6, 6.07) is 10.5. The largest absolute Gasteiger partial charge is 0.349 e. The summed E-state index contributed by atoms with van der Waals surface area (Å²) in [6.45, 7) is 6.41. The van der Waals surface area contributed by atoms with Gasteiger partial charge in [0.15, 0.2) is 0 Å². The maximum Gasteiger partial charge on any atom is 0.243 e. The third-order valence-corrected chi connectivity index (χ3v) is 8.14. The molecular formula is C18H24N2O3S3. The molecule has 2 aromatic rings. The lowest BCUT2D eigenvalue weighted by molar-refractivity contribution is -0.119. The number of carbonyl (C=O) groups excluding carboxylic acids is 1. The third-order valence-electron chi connectivity index (χ3n) is 3.94. The number of rotatable bonds is 9. The zero-order valence-electron chi connectivity index (χ0n) is 15.1. The molecule has 5 nitrogen and oxygen atoms in total. The van der Waals surface area contributed by atoms with E-state index in [9.17, 15) is 13.2 Å². The molecule has 1 aromatic carbocycles. The number of hydrogen-bond donors (Lipinski definition) is 1. The van der Waals surface area contributed by atoms with Gasteiger partial charge in [-0.2, -0.15) is 4.31 Å². The second kappa shape index (κ2) is 9.55. The summed E-state index contributed by atoms with van der Waals surface area (Å²) in [7, 11) is -3.46. The van der Waals surface area contributed by atoms with E-state index in [1.54, 1.807) is 35.6 Å². The molecule has 0 fully saturated rings. The molecule has 8 heteroatoms. The fourth-order valence-corrected chi connectivity index (χ4v) is 5.54. The van der Waals surface area contributed by atoms with E-state index in [-0.39, 0.29) is 16.8 Å². The lowest BCUT2D eigenvalue weighted by Crippen LogP contribution is -2.30. The average Bonchev–Trinajstić information content (AvgIpc) is 3.14. The first kappa shape index (κ1) is 21.0. The number of amides is 1. The van der Waals surface area contributed by atoms with Gasteiger partial charge in [0.1, 0.15) is 0 Å². The predicted octanol–water partition coefficient (Wildman–Crippen LogP) is 3.75. The van der Waals surface area contributed by atoms with Crippen LogP contribution in [0, 0.1) is 0 Å². The van der Waals surface area contributed by atoms with E-state index in [4.69, 9.17) is 0 Å². The lowest BCUT2D eigenvalue weighted by atomic mass is 10.1. The molecule has 0 aliphatic rings. The van der Waals surface area contributed by atoms with Gasteiger partial charge in [0, 0.05) is 13.1 Å². The Balaban J connectivity index is 1.97. The monoisotopic (exact) mass is 412 g/mol. The minimum absolute atomic E-state index is 0.0456. The molecular weight excluding hydrogens is 388 g/mol. The Labute approximate surface area is 163 Å². The molecule has 0 aliphatic heterocycles. The summed E-state index contributed by atoms with van der Waals surface area (Å²) in [5.74, 6) is 0.315. The lowest BCUT2D eigenvalue weighted by Gasteiger charge is -2.19. The van der Waals surface area contributed by atoms with Crippen molar-refractivity contribution in [2.45, 2.75) is 35.9 Å². The van der Waals surface area contributed by atoms with E-state index in [1.807, 2.05) is 38.3 Å². The highest BCUT2D eigenvalue weighted by Crippen LogP contribution is 2.23. The van der Waals surface area contributed by atoms with Gasteiger partial charge in [0.2, 0.25) is 15.9 Å². The Morgan fingerprint density at radius 2 is 1.85 bits per heavy atom. The summed E-state index contributed by atoms with van der Waals surface area (Å²) >= 11 is 3.12. The highest BCUT2D eigenvalue weighted by Gasteiger charge is 2.21. The molecule has 1 amide bonds. The Morgan fingerprint density at radius 1 is 1.19 bits per heavy atom. The molecule has 0 bridgehead atoms. The van der Waals surface area contributed by atoms with Crippen LogP contribution in [0.4, 0.5) is 0 Å². The van der Waals surface area contributed by atoms with Crippen LogP contribution >= 0.6 is 23.1 Å². The van der Waals surface area contributed by atoms with Crippen molar-refractivity contribution >= 4 is 39.0 Å². The zero-order valence-corrected chi connectivity index (χ0v) is 17.6. The van der Waals surface area contributed by atoms with Crippen LogP contribution in [0.1, 0.15) is 32.4 Å². The summed E-state index contributed by atoms with van der Waals surface area (Å²) in [5.41, 5.74) is 0.873. The van der Waals surface area contributed by atoms with Crippen LogP contribution in [0.25, 0.3) is 0 Å². The first-order chi connectivity index (χ1) is 12.4. The SMILES string of the molecule is CCN(CC)S(=O)(=O)c1ccc(C(C)NC(=O)CSc2cccs2)cc1. The standard InChI is InChI=1S/C18H24N2O3S3/c1-4-20(5-2)26(22,23)16-10-8-15(9-11-16)14(3)19-17(21)13-25-18-7-6-12-24-18/h6-12,14H,4-5,13H2,1-3H3,(H,19,21). The maximum absolute atomic E-state index is 12.5. The van der Waals surface area contributed by atoms with Crippen molar-refractivity contribution in [2.75, 3.05) is 18.8 Å². The fourth-order valence-electron chi connectivity index (χ4n) is 2.49. The van der Waals surface area contributed by atoms with Crippen LogP contribution in [0.15, 0.2) is 50.9 Å². The first-order valence-electron chi connectivity index (χ1n) is 8.44. The Bertz CT molecular complexity index is 799. The van der Waals surface area contributed by atoms with Gasteiger partial charge in [-0.25, -0.2) is 8.42 Å². The Kier molecular flexibility index (Phi) is 7.69. The molecule has 26 heavy (non-hydrogen) atoms. The smallest absolute Gasteiger partial charge is 0.243 e. The van der Waals surface area contributed by atoms with E-state index < -0.39 is 10.0 Å². The molecule has 1 heterocycles.